The molecule has 0 aliphatic heterocycles. The number of benzene rings is 1. The molecule has 1 aromatic carbocycles. The van der Waals surface area contributed by atoms with Gasteiger partial charge in [-0.1, -0.05) is 11.6 Å². The quantitative estimate of drug-likeness (QED) is 0.831. The maximum Gasteiger partial charge on any atom is 0.416 e. The minimum Gasteiger partial charge on any atom is -0.320 e. The fraction of sp³-hybridized carbons (Fsp3) is 0.154. The molecule has 1 heterocycles. The van der Waals surface area contributed by atoms with Gasteiger partial charge in [-0.05, 0) is 42.1 Å². The molecular formula is C13H9ClF3NOS. The number of hydrogen-bond acceptors (Lipinski definition) is 2. The molecule has 1 N–H and O–H groups in total. The third kappa shape index (κ3) is 3.13. The highest BCUT2D eigenvalue weighted by Gasteiger charge is 2.31. The van der Waals surface area contributed by atoms with E-state index in [1.54, 1.807) is 18.4 Å². The highest BCUT2D eigenvalue weighted by Crippen LogP contribution is 2.34. The molecule has 0 saturated carbocycles. The molecular weight excluding hydrogens is 311 g/mol. The van der Waals surface area contributed by atoms with E-state index in [0.717, 1.165) is 23.8 Å². The van der Waals surface area contributed by atoms with Crippen molar-refractivity contribution in [2.24, 2.45) is 0 Å². The van der Waals surface area contributed by atoms with Crippen molar-refractivity contribution in [2.75, 3.05) is 5.32 Å². The molecule has 0 radical (unpaired) electrons. The van der Waals surface area contributed by atoms with Crippen LogP contribution in [0.1, 0.15) is 20.8 Å². The first-order valence-electron chi connectivity index (χ1n) is 5.51. The molecule has 0 unspecified atom stereocenters. The van der Waals surface area contributed by atoms with Crippen LogP contribution in [0.15, 0.2) is 29.6 Å². The normalized spacial score (nSPS) is 11.4. The van der Waals surface area contributed by atoms with Crippen LogP contribution in [0.3, 0.4) is 0 Å². The minimum absolute atomic E-state index is 0.0561. The van der Waals surface area contributed by atoms with Gasteiger partial charge in [0.1, 0.15) is 0 Å². The van der Waals surface area contributed by atoms with E-state index in [9.17, 15) is 18.0 Å². The molecule has 2 rings (SSSR count). The monoisotopic (exact) mass is 319 g/mol. The minimum atomic E-state index is -4.48. The molecule has 20 heavy (non-hydrogen) atoms. The Morgan fingerprint density at radius 2 is 2.00 bits per heavy atom. The molecule has 1 aromatic heterocycles. The van der Waals surface area contributed by atoms with Crippen molar-refractivity contribution < 1.29 is 18.0 Å². The summed E-state index contributed by atoms with van der Waals surface area (Å²) in [5, 5.41) is 4.20. The van der Waals surface area contributed by atoms with Gasteiger partial charge < -0.3 is 5.32 Å². The van der Waals surface area contributed by atoms with Crippen LogP contribution in [0.5, 0.6) is 0 Å². The zero-order valence-electron chi connectivity index (χ0n) is 10.2. The number of aryl methyl sites for hydroxylation is 1. The second kappa shape index (κ2) is 5.46. The predicted octanol–water partition coefficient (Wildman–Crippen LogP) is 4.98. The fourth-order valence-electron chi connectivity index (χ4n) is 1.58. The molecule has 0 atom stereocenters. The molecule has 0 fully saturated rings. The van der Waals surface area contributed by atoms with Gasteiger partial charge in [0.15, 0.2) is 0 Å². The molecule has 7 heteroatoms. The van der Waals surface area contributed by atoms with Crippen LogP contribution in [-0.4, -0.2) is 5.91 Å². The summed E-state index contributed by atoms with van der Waals surface area (Å²) in [5.74, 6) is -0.473. The zero-order chi connectivity index (χ0) is 14.9. The van der Waals surface area contributed by atoms with Gasteiger partial charge in [0.2, 0.25) is 0 Å². The molecule has 0 bridgehead atoms. The number of hydrogen-bond donors (Lipinski definition) is 1. The van der Waals surface area contributed by atoms with Gasteiger partial charge in [0.25, 0.3) is 5.91 Å². The van der Waals surface area contributed by atoms with Gasteiger partial charge in [-0.15, -0.1) is 11.3 Å². The van der Waals surface area contributed by atoms with Crippen LogP contribution >= 0.6 is 22.9 Å². The molecule has 1 amide bonds. The average Bonchev–Trinajstić information content (AvgIpc) is 2.77. The molecule has 0 aliphatic rings. The Labute approximate surface area is 122 Å². The van der Waals surface area contributed by atoms with Gasteiger partial charge in [0, 0.05) is 0 Å². The Balaban J connectivity index is 2.30. The number of alkyl halides is 3. The molecule has 0 aliphatic carbocycles. The molecule has 2 nitrogen and oxygen atoms in total. The Bertz CT molecular complexity index is 651. The Morgan fingerprint density at radius 3 is 2.55 bits per heavy atom. The summed E-state index contributed by atoms with van der Waals surface area (Å²) in [5.41, 5.74) is -0.157. The number of halogens is 4. The van der Waals surface area contributed by atoms with Gasteiger partial charge in [-0.2, -0.15) is 13.2 Å². The van der Waals surface area contributed by atoms with Crippen molar-refractivity contribution in [1.29, 1.82) is 0 Å². The standard InChI is InChI=1S/C13H9ClF3NOS/c1-7-4-5-20-11(7)12(19)18-10-6-8(13(15,16)17)2-3-9(10)14/h2-6H,1H3,(H,18,19). The summed E-state index contributed by atoms with van der Waals surface area (Å²) in [6.45, 7) is 1.75. The van der Waals surface area contributed by atoms with E-state index in [2.05, 4.69) is 5.32 Å². The van der Waals surface area contributed by atoms with Gasteiger partial charge in [-0.3, -0.25) is 4.79 Å². The summed E-state index contributed by atoms with van der Waals surface area (Å²) >= 11 is 7.03. The van der Waals surface area contributed by atoms with Crippen molar-refractivity contribution in [3.8, 4) is 0 Å². The lowest BCUT2D eigenvalue weighted by Gasteiger charge is -2.11. The van der Waals surface area contributed by atoms with Gasteiger partial charge in [0.05, 0.1) is 21.2 Å². The summed E-state index contributed by atoms with van der Waals surface area (Å²) < 4.78 is 37.9. The Morgan fingerprint density at radius 1 is 1.30 bits per heavy atom. The van der Waals surface area contributed by atoms with Crippen molar-refractivity contribution in [3.63, 3.8) is 0 Å². The first kappa shape index (κ1) is 14.9. The number of thiophene rings is 1. The Hall–Kier alpha value is -1.53. The second-order valence-electron chi connectivity index (χ2n) is 4.08. The van der Waals surface area contributed by atoms with Crippen molar-refractivity contribution in [2.45, 2.75) is 13.1 Å². The van der Waals surface area contributed by atoms with E-state index >= 15 is 0 Å². The maximum atomic E-state index is 12.6. The number of anilines is 1. The van der Waals surface area contributed by atoms with Crippen LogP contribution in [0, 0.1) is 6.92 Å². The average molecular weight is 320 g/mol. The highest BCUT2D eigenvalue weighted by atomic mass is 35.5. The topological polar surface area (TPSA) is 29.1 Å². The van der Waals surface area contributed by atoms with E-state index in [0.29, 0.717) is 4.88 Å². The number of carbonyl (C=O) groups is 1. The van der Waals surface area contributed by atoms with Crippen molar-refractivity contribution >= 4 is 34.5 Å². The van der Waals surface area contributed by atoms with Crippen molar-refractivity contribution in [3.05, 3.63) is 50.7 Å². The zero-order valence-corrected chi connectivity index (χ0v) is 11.8. The fourth-order valence-corrected chi connectivity index (χ4v) is 2.57. The van der Waals surface area contributed by atoms with Crippen LogP contribution in [0.2, 0.25) is 5.02 Å². The summed E-state index contributed by atoms with van der Waals surface area (Å²) in [4.78, 5) is 12.4. The number of carbonyl (C=O) groups excluding carboxylic acids is 1. The largest absolute Gasteiger partial charge is 0.416 e. The second-order valence-corrected chi connectivity index (χ2v) is 5.40. The molecule has 0 saturated heterocycles. The summed E-state index contributed by atoms with van der Waals surface area (Å²) in [6, 6.07) is 4.56. The van der Waals surface area contributed by atoms with E-state index in [4.69, 9.17) is 11.6 Å². The predicted molar refractivity (Wildman–Crippen MR) is 73.5 cm³/mol. The van der Waals surface area contributed by atoms with Gasteiger partial charge >= 0.3 is 6.18 Å². The maximum absolute atomic E-state index is 12.6. The van der Waals surface area contributed by atoms with Gasteiger partial charge in [-0.25, -0.2) is 0 Å². The third-order valence-electron chi connectivity index (χ3n) is 2.61. The first-order chi connectivity index (χ1) is 9.29. The number of amides is 1. The Kier molecular flexibility index (Phi) is 4.06. The molecule has 106 valence electrons. The first-order valence-corrected chi connectivity index (χ1v) is 6.77. The SMILES string of the molecule is Cc1ccsc1C(=O)Nc1cc(C(F)(F)F)ccc1Cl. The lowest BCUT2D eigenvalue weighted by atomic mass is 10.2. The number of rotatable bonds is 2. The third-order valence-corrected chi connectivity index (χ3v) is 3.96. The molecule has 2 aromatic rings. The lowest BCUT2D eigenvalue weighted by molar-refractivity contribution is -0.137. The van der Waals surface area contributed by atoms with E-state index < -0.39 is 17.6 Å². The summed E-state index contributed by atoms with van der Waals surface area (Å²) in [6.07, 6.45) is -4.48. The van der Waals surface area contributed by atoms with E-state index in [-0.39, 0.29) is 10.7 Å². The van der Waals surface area contributed by atoms with E-state index in [1.807, 2.05) is 0 Å². The molecule has 0 spiro atoms. The smallest absolute Gasteiger partial charge is 0.320 e. The summed E-state index contributed by atoms with van der Waals surface area (Å²) in [7, 11) is 0. The number of nitrogens with one attached hydrogen (secondary N) is 1. The van der Waals surface area contributed by atoms with Crippen LogP contribution in [-0.2, 0) is 6.18 Å². The highest BCUT2D eigenvalue weighted by molar-refractivity contribution is 7.12. The van der Waals surface area contributed by atoms with Crippen LogP contribution < -0.4 is 5.32 Å². The van der Waals surface area contributed by atoms with Crippen LogP contribution in [0.4, 0.5) is 18.9 Å². The van der Waals surface area contributed by atoms with Crippen molar-refractivity contribution in [1.82, 2.24) is 0 Å². The lowest BCUT2D eigenvalue weighted by Crippen LogP contribution is -2.13. The van der Waals surface area contributed by atoms with Crippen LogP contribution in [0.25, 0.3) is 0 Å². The van der Waals surface area contributed by atoms with E-state index in [1.165, 1.54) is 11.3 Å².